The number of allylic oxidation sites excluding steroid dienone is 3. The molecule has 0 amide bonds. The number of ether oxygens (including phenoxy) is 2. The van der Waals surface area contributed by atoms with E-state index in [1.165, 1.54) is 14.2 Å². The van der Waals surface area contributed by atoms with E-state index in [4.69, 9.17) is 21.1 Å². The largest absolute Gasteiger partial charge is 0.468 e. The summed E-state index contributed by atoms with van der Waals surface area (Å²) in [6, 6.07) is 0. The average Bonchev–Trinajstić information content (AvgIpc) is 2.70. The van der Waals surface area contributed by atoms with Gasteiger partial charge in [0.1, 0.15) is 0 Å². The molecule has 0 aromatic rings. The fourth-order valence-electron chi connectivity index (χ4n) is 3.84. The van der Waals surface area contributed by atoms with E-state index in [2.05, 4.69) is 6.58 Å². The van der Waals surface area contributed by atoms with Crippen LogP contribution in [0.1, 0.15) is 19.3 Å². The first-order valence-corrected chi connectivity index (χ1v) is 7.56. The van der Waals surface area contributed by atoms with Gasteiger partial charge in [0.2, 0.25) is 0 Å². The van der Waals surface area contributed by atoms with Gasteiger partial charge in [0.25, 0.3) is 0 Å². The zero-order chi connectivity index (χ0) is 15.6. The normalized spacial score (nSPS) is 33.7. The number of rotatable bonds is 3. The molecule has 4 nitrogen and oxygen atoms in total. The minimum atomic E-state index is -1.25. The lowest BCUT2D eigenvalue weighted by Crippen LogP contribution is -2.45. The molecule has 1 fully saturated rings. The van der Waals surface area contributed by atoms with Crippen molar-refractivity contribution < 1.29 is 19.1 Å². The summed E-state index contributed by atoms with van der Waals surface area (Å²) >= 11 is 6.20. The molecular weight excluding hydrogens is 292 g/mol. The minimum absolute atomic E-state index is 0.0337. The second-order valence-corrected chi connectivity index (χ2v) is 6.28. The molecule has 1 saturated carbocycles. The number of hydrogen-bond acceptors (Lipinski definition) is 4. The van der Waals surface area contributed by atoms with Crippen molar-refractivity contribution >= 4 is 23.5 Å². The summed E-state index contributed by atoms with van der Waals surface area (Å²) in [5.74, 6) is -1.11. The molecule has 0 heterocycles. The van der Waals surface area contributed by atoms with Gasteiger partial charge in [-0.05, 0) is 37.0 Å². The molecule has 0 N–H and O–H groups in total. The summed E-state index contributed by atoms with van der Waals surface area (Å²) < 4.78 is 9.88. The van der Waals surface area contributed by atoms with Gasteiger partial charge in [-0.15, -0.1) is 18.2 Å². The van der Waals surface area contributed by atoms with Crippen molar-refractivity contribution in [3.05, 3.63) is 24.8 Å². The van der Waals surface area contributed by atoms with E-state index in [9.17, 15) is 9.59 Å². The van der Waals surface area contributed by atoms with Crippen LogP contribution in [-0.2, 0) is 19.1 Å². The van der Waals surface area contributed by atoms with Crippen molar-refractivity contribution in [2.45, 2.75) is 24.6 Å². The third kappa shape index (κ3) is 2.50. The highest BCUT2D eigenvalue weighted by Crippen LogP contribution is 2.55. The van der Waals surface area contributed by atoms with Gasteiger partial charge in [-0.3, -0.25) is 9.59 Å². The van der Waals surface area contributed by atoms with Crippen LogP contribution in [0.5, 0.6) is 0 Å². The van der Waals surface area contributed by atoms with Crippen LogP contribution in [0.25, 0.3) is 0 Å². The Morgan fingerprint density at radius 1 is 1.24 bits per heavy atom. The number of carbonyl (C=O) groups excluding carboxylic acids is 2. The molecule has 2 aliphatic carbocycles. The highest BCUT2D eigenvalue weighted by atomic mass is 35.5. The molecule has 0 spiro atoms. The average molecular weight is 313 g/mol. The van der Waals surface area contributed by atoms with Crippen LogP contribution in [0, 0.1) is 23.2 Å². The topological polar surface area (TPSA) is 52.6 Å². The van der Waals surface area contributed by atoms with Crippen LogP contribution in [0.2, 0.25) is 0 Å². The number of carbonyl (C=O) groups is 2. The summed E-state index contributed by atoms with van der Waals surface area (Å²) in [7, 11) is 2.61. The van der Waals surface area contributed by atoms with Crippen LogP contribution in [0.4, 0.5) is 0 Å². The second kappa shape index (κ2) is 6.22. The fourth-order valence-corrected chi connectivity index (χ4v) is 4.05. The number of alkyl halides is 1. The lowest BCUT2D eigenvalue weighted by Gasteiger charge is -2.31. The van der Waals surface area contributed by atoms with E-state index in [0.717, 1.165) is 6.42 Å². The maximum absolute atomic E-state index is 12.4. The molecule has 2 aliphatic rings. The van der Waals surface area contributed by atoms with Gasteiger partial charge >= 0.3 is 11.9 Å². The predicted molar refractivity (Wildman–Crippen MR) is 79.8 cm³/mol. The molecule has 5 heteroatoms. The van der Waals surface area contributed by atoms with Crippen molar-refractivity contribution in [1.29, 1.82) is 0 Å². The Hall–Kier alpha value is -1.29. The van der Waals surface area contributed by atoms with Gasteiger partial charge in [0.05, 0.1) is 19.6 Å². The van der Waals surface area contributed by atoms with Gasteiger partial charge in [0.15, 0.2) is 5.41 Å². The van der Waals surface area contributed by atoms with E-state index in [1.54, 1.807) is 0 Å². The number of fused-ring (bicyclic) bond motifs is 1. The molecule has 0 bridgehead atoms. The summed E-state index contributed by atoms with van der Waals surface area (Å²) in [6.07, 6.45) is 7.56. The Labute approximate surface area is 130 Å². The minimum Gasteiger partial charge on any atom is -0.468 e. The Morgan fingerprint density at radius 2 is 1.86 bits per heavy atom. The van der Waals surface area contributed by atoms with Crippen LogP contribution in [0.15, 0.2) is 24.8 Å². The van der Waals surface area contributed by atoms with E-state index < -0.39 is 17.4 Å². The molecule has 0 aromatic carbocycles. The van der Waals surface area contributed by atoms with E-state index >= 15 is 0 Å². The standard InChI is InChI=1S/C16H21ClO4/c1-4-10-9-16(14(18)20-2,15(19)21-3)13-8-6-11(17)5-7-12(10)13/h4-5,7,10-13H,1,6,8-9H2,2-3H3/t10-,11+,12-,13-/m1/s1. The lowest BCUT2D eigenvalue weighted by molar-refractivity contribution is -0.173. The van der Waals surface area contributed by atoms with Crippen molar-refractivity contribution in [3.63, 3.8) is 0 Å². The maximum Gasteiger partial charge on any atom is 0.323 e. The Balaban J connectivity index is 2.50. The third-order valence-electron chi connectivity index (χ3n) is 4.85. The van der Waals surface area contributed by atoms with Gasteiger partial charge in [-0.25, -0.2) is 0 Å². The SMILES string of the molecule is C=C[C@@H]1CC(C(=O)OC)(C(=O)OC)[C@@H]2CC[C@@H](Cl)C=C[C@H]12. The first kappa shape index (κ1) is 16.1. The molecule has 4 atom stereocenters. The van der Waals surface area contributed by atoms with Crippen LogP contribution < -0.4 is 0 Å². The zero-order valence-electron chi connectivity index (χ0n) is 12.4. The van der Waals surface area contributed by atoms with Crippen molar-refractivity contribution in [3.8, 4) is 0 Å². The summed E-state index contributed by atoms with van der Waals surface area (Å²) in [6.45, 7) is 3.85. The monoisotopic (exact) mass is 312 g/mol. The first-order chi connectivity index (χ1) is 10.0. The molecule has 0 aliphatic heterocycles. The van der Waals surface area contributed by atoms with E-state index in [-0.39, 0.29) is 23.1 Å². The molecule has 0 radical (unpaired) electrons. The summed E-state index contributed by atoms with van der Waals surface area (Å²) in [5.41, 5.74) is -1.25. The van der Waals surface area contributed by atoms with Gasteiger partial charge < -0.3 is 9.47 Å². The predicted octanol–water partition coefficient (Wildman–Crippen LogP) is 2.71. The van der Waals surface area contributed by atoms with Gasteiger partial charge in [0, 0.05) is 0 Å². The maximum atomic E-state index is 12.4. The number of halogens is 1. The van der Waals surface area contributed by atoms with Crippen molar-refractivity contribution in [2.75, 3.05) is 14.2 Å². The Kier molecular flexibility index (Phi) is 4.77. The van der Waals surface area contributed by atoms with Gasteiger partial charge in [-0.2, -0.15) is 0 Å². The fraction of sp³-hybridized carbons (Fsp3) is 0.625. The summed E-state index contributed by atoms with van der Waals surface area (Å²) in [4.78, 5) is 24.9. The smallest absolute Gasteiger partial charge is 0.323 e. The van der Waals surface area contributed by atoms with E-state index in [0.29, 0.717) is 12.8 Å². The molecule has 21 heavy (non-hydrogen) atoms. The van der Waals surface area contributed by atoms with Crippen molar-refractivity contribution in [1.82, 2.24) is 0 Å². The van der Waals surface area contributed by atoms with Crippen molar-refractivity contribution in [2.24, 2.45) is 23.2 Å². The van der Waals surface area contributed by atoms with Crippen LogP contribution in [0.3, 0.4) is 0 Å². The molecule has 0 aromatic heterocycles. The van der Waals surface area contributed by atoms with Crippen LogP contribution in [-0.4, -0.2) is 31.5 Å². The highest BCUT2D eigenvalue weighted by molar-refractivity contribution is 6.21. The van der Waals surface area contributed by atoms with E-state index in [1.807, 2.05) is 18.2 Å². The number of esters is 2. The van der Waals surface area contributed by atoms with Gasteiger partial charge in [-0.1, -0.05) is 18.2 Å². The third-order valence-corrected chi connectivity index (χ3v) is 5.21. The zero-order valence-corrected chi connectivity index (χ0v) is 13.1. The molecule has 116 valence electrons. The molecular formula is C16H21ClO4. The number of hydrogen-bond donors (Lipinski definition) is 0. The molecule has 0 saturated heterocycles. The highest BCUT2D eigenvalue weighted by Gasteiger charge is 2.62. The molecule has 2 rings (SSSR count). The molecule has 0 unspecified atom stereocenters. The lowest BCUT2D eigenvalue weighted by atomic mass is 9.73. The Bertz CT molecular complexity index is 455. The summed E-state index contributed by atoms with van der Waals surface area (Å²) in [5, 5.41) is -0.0749. The van der Waals surface area contributed by atoms with Crippen LogP contribution >= 0.6 is 11.6 Å². The Morgan fingerprint density at radius 3 is 2.38 bits per heavy atom. The second-order valence-electron chi connectivity index (χ2n) is 5.72. The first-order valence-electron chi connectivity index (χ1n) is 7.13. The number of methoxy groups -OCH3 is 2. The quantitative estimate of drug-likeness (QED) is 0.348.